The van der Waals surface area contributed by atoms with Crippen LogP contribution in [-0.2, 0) is 11.3 Å². The highest BCUT2D eigenvalue weighted by Gasteiger charge is 2.19. The highest BCUT2D eigenvalue weighted by molar-refractivity contribution is 5.75. The summed E-state index contributed by atoms with van der Waals surface area (Å²) in [6.07, 6.45) is 3.82. The quantitative estimate of drug-likeness (QED) is 0.438. The topological polar surface area (TPSA) is 117 Å². The van der Waals surface area contributed by atoms with Crippen molar-refractivity contribution in [3.05, 3.63) is 59.8 Å². The van der Waals surface area contributed by atoms with Gasteiger partial charge in [-0.05, 0) is 18.2 Å². The molecule has 12 heteroatoms. The summed E-state index contributed by atoms with van der Waals surface area (Å²) >= 11 is 0. The maximum Gasteiger partial charge on any atom is 0.241 e. The molecule has 1 amide bonds. The lowest BCUT2D eigenvalue weighted by molar-refractivity contribution is -0.121. The zero-order valence-electron chi connectivity index (χ0n) is 15.7. The lowest BCUT2D eigenvalue weighted by atomic mass is 10.1. The minimum atomic E-state index is -1.15. The van der Waals surface area contributed by atoms with E-state index in [1.165, 1.54) is 24.1 Å². The summed E-state index contributed by atoms with van der Waals surface area (Å²) in [5.41, 5.74) is 0.256. The fourth-order valence-electron chi connectivity index (χ4n) is 2.57. The fourth-order valence-corrected chi connectivity index (χ4v) is 2.57. The van der Waals surface area contributed by atoms with Gasteiger partial charge in [0.25, 0.3) is 0 Å². The van der Waals surface area contributed by atoms with Crippen LogP contribution in [-0.4, -0.2) is 44.4 Å². The van der Waals surface area contributed by atoms with Crippen LogP contribution >= 0.6 is 0 Å². The third-order valence-corrected chi connectivity index (χ3v) is 4.04. The normalized spacial score (nSPS) is 11.8. The van der Waals surface area contributed by atoms with Crippen molar-refractivity contribution in [3.8, 4) is 0 Å². The van der Waals surface area contributed by atoms with E-state index in [1.54, 1.807) is 0 Å². The number of aliphatic hydroxyl groups excluding tert-OH is 1. The highest BCUT2D eigenvalue weighted by Crippen LogP contribution is 2.24. The Hall–Kier alpha value is -3.67. The number of anilines is 3. The van der Waals surface area contributed by atoms with E-state index in [2.05, 4.69) is 31.0 Å². The predicted molar refractivity (Wildman–Crippen MR) is 101 cm³/mol. The van der Waals surface area contributed by atoms with Gasteiger partial charge in [-0.25, -0.2) is 18.2 Å². The molecule has 0 saturated heterocycles. The molecule has 1 aromatic carbocycles. The van der Waals surface area contributed by atoms with Gasteiger partial charge < -0.3 is 21.1 Å². The van der Waals surface area contributed by atoms with Gasteiger partial charge in [0.2, 0.25) is 11.9 Å². The molecular weight excluding hydrogens is 403 g/mol. The van der Waals surface area contributed by atoms with Crippen molar-refractivity contribution in [2.45, 2.75) is 12.6 Å². The molecule has 0 fully saturated rings. The summed E-state index contributed by atoms with van der Waals surface area (Å²) in [6, 6.07) is 1.61. The van der Waals surface area contributed by atoms with Crippen LogP contribution in [0.3, 0.4) is 0 Å². The van der Waals surface area contributed by atoms with E-state index >= 15 is 0 Å². The van der Waals surface area contributed by atoms with Crippen LogP contribution in [0.1, 0.15) is 11.6 Å². The smallest absolute Gasteiger partial charge is 0.241 e. The Bertz CT molecular complexity index is 1040. The number of benzene rings is 1. The first kappa shape index (κ1) is 21.0. The minimum Gasteiger partial charge on any atom is -0.394 e. The van der Waals surface area contributed by atoms with Crippen LogP contribution < -0.4 is 16.0 Å². The molecule has 3 rings (SSSR count). The Morgan fingerprint density at radius 2 is 2.03 bits per heavy atom. The average molecular weight is 421 g/mol. The molecule has 0 aliphatic carbocycles. The van der Waals surface area contributed by atoms with Crippen LogP contribution in [0.25, 0.3) is 0 Å². The SMILES string of the molecule is CNC(=O)Cn1cc(Nc2ncc(F)c(NC(CO)c3cc(F)ccc3F)n2)cn1. The number of nitrogens with zero attached hydrogens (tertiary/aromatic N) is 4. The van der Waals surface area contributed by atoms with Crippen molar-refractivity contribution in [2.75, 3.05) is 24.3 Å². The van der Waals surface area contributed by atoms with Gasteiger partial charge in [-0.3, -0.25) is 9.48 Å². The Labute approximate surface area is 169 Å². The van der Waals surface area contributed by atoms with Crippen LogP contribution in [0.4, 0.5) is 30.6 Å². The van der Waals surface area contributed by atoms with Crippen molar-refractivity contribution in [2.24, 2.45) is 0 Å². The maximum absolute atomic E-state index is 14.2. The standard InChI is InChI=1S/C18H18F3N7O2/c1-22-16(30)8-28-7-11(5-24-28)25-18-23-6-14(21)17(27-18)26-15(9-29)12-4-10(19)2-3-13(12)20/h2-7,15,29H,8-9H2,1H3,(H,22,30)(H2,23,25,26,27). The molecule has 3 aromatic rings. The Kier molecular flexibility index (Phi) is 6.47. The second kappa shape index (κ2) is 9.22. The number of hydrogen-bond donors (Lipinski definition) is 4. The Balaban J connectivity index is 1.78. The largest absolute Gasteiger partial charge is 0.394 e. The first-order valence-corrected chi connectivity index (χ1v) is 8.74. The molecule has 9 nitrogen and oxygen atoms in total. The molecule has 1 atom stereocenters. The van der Waals surface area contributed by atoms with E-state index < -0.39 is 30.1 Å². The predicted octanol–water partition coefficient (Wildman–Crippen LogP) is 1.73. The number of carbonyl (C=O) groups excluding carboxylic acids is 1. The molecule has 1 unspecified atom stereocenters. The van der Waals surface area contributed by atoms with Crippen LogP contribution in [0, 0.1) is 17.5 Å². The van der Waals surface area contributed by atoms with Crippen molar-refractivity contribution in [3.63, 3.8) is 0 Å². The lowest BCUT2D eigenvalue weighted by Gasteiger charge is -2.18. The van der Waals surface area contributed by atoms with Crippen molar-refractivity contribution >= 4 is 23.4 Å². The van der Waals surface area contributed by atoms with E-state index in [4.69, 9.17) is 0 Å². The van der Waals surface area contributed by atoms with Crippen molar-refractivity contribution in [1.29, 1.82) is 0 Å². The molecule has 158 valence electrons. The van der Waals surface area contributed by atoms with Crippen molar-refractivity contribution < 1.29 is 23.1 Å². The third-order valence-electron chi connectivity index (χ3n) is 4.04. The molecule has 0 radical (unpaired) electrons. The number of rotatable bonds is 8. The van der Waals surface area contributed by atoms with Gasteiger partial charge >= 0.3 is 0 Å². The van der Waals surface area contributed by atoms with Gasteiger partial charge in [-0.2, -0.15) is 10.1 Å². The molecule has 0 aliphatic rings. The molecule has 0 bridgehead atoms. The molecule has 4 N–H and O–H groups in total. The van der Waals surface area contributed by atoms with Crippen LogP contribution in [0.2, 0.25) is 0 Å². The lowest BCUT2D eigenvalue weighted by Crippen LogP contribution is -2.23. The molecule has 2 aromatic heterocycles. The summed E-state index contributed by atoms with van der Waals surface area (Å²) in [4.78, 5) is 19.2. The maximum atomic E-state index is 14.2. The zero-order chi connectivity index (χ0) is 21.7. The monoisotopic (exact) mass is 421 g/mol. The summed E-state index contributed by atoms with van der Waals surface area (Å²) in [6.45, 7) is -0.633. The Morgan fingerprint density at radius 1 is 1.23 bits per heavy atom. The van der Waals surface area contributed by atoms with Crippen LogP contribution in [0.15, 0.2) is 36.8 Å². The summed E-state index contributed by atoms with van der Waals surface area (Å²) < 4.78 is 43.0. The van der Waals surface area contributed by atoms with E-state index in [0.29, 0.717) is 5.69 Å². The van der Waals surface area contributed by atoms with Gasteiger partial charge in [0.15, 0.2) is 11.6 Å². The highest BCUT2D eigenvalue weighted by atomic mass is 19.1. The van der Waals surface area contributed by atoms with Gasteiger partial charge in [0, 0.05) is 18.8 Å². The number of carbonyl (C=O) groups is 1. The molecule has 2 heterocycles. The van der Waals surface area contributed by atoms with E-state index in [1.807, 2.05) is 0 Å². The summed E-state index contributed by atoms with van der Waals surface area (Å²) in [5, 5.41) is 21.4. The molecular formula is C18H18F3N7O2. The van der Waals surface area contributed by atoms with E-state index in [-0.39, 0.29) is 29.8 Å². The summed E-state index contributed by atoms with van der Waals surface area (Å²) in [7, 11) is 1.50. The van der Waals surface area contributed by atoms with Crippen LogP contribution in [0.5, 0.6) is 0 Å². The summed E-state index contributed by atoms with van der Waals surface area (Å²) in [5.74, 6) is -2.91. The Morgan fingerprint density at radius 3 is 2.77 bits per heavy atom. The number of likely N-dealkylation sites (N-methyl/N-ethyl adjacent to an activating group) is 1. The number of aromatic nitrogens is 4. The molecule has 0 spiro atoms. The number of nitrogens with one attached hydrogen (secondary N) is 3. The van der Waals surface area contributed by atoms with Crippen molar-refractivity contribution in [1.82, 2.24) is 25.1 Å². The number of aliphatic hydroxyl groups is 1. The molecule has 30 heavy (non-hydrogen) atoms. The molecule has 0 saturated carbocycles. The second-order valence-corrected chi connectivity index (χ2v) is 6.16. The fraction of sp³-hybridized carbons (Fsp3) is 0.222. The van der Waals surface area contributed by atoms with Gasteiger partial charge in [-0.1, -0.05) is 0 Å². The number of hydrogen-bond acceptors (Lipinski definition) is 7. The van der Waals surface area contributed by atoms with E-state index in [9.17, 15) is 23.1 Å². The second-order valence-electron chi connectivity index (χ2n) is 6.16. The number of amides is 1. The van der Waals surface area contributed by atoms with Gasteiger partial charge in [-0.15, -0.1) is 0 Å². The zero-order valence-corrected chi connectivity index (χ0v) is 15.7. The first-order chi connectivity index (χ1) is 14.4. The third kappa shape index (κ3) is 5.03. The van der Waals surface area contributed by atoms with E-state index in [0.717, 1.165) is 24.4 Å². The molecule has 0 aliphatic heterocycles. The average Bonchev–Trinajstić information content (AvgIpc) is 3.16. The van der Waals surface area contributed by atoms with Gasteiger partial charge in [0.1, 0.15) is 18.2 Å². The minimum absolute atomic E-state index is 0.00659. The first-order valence-electron chi connectivity index (χ1n) is 8.74. The number of halogens is 3. The van der Waals surface area contributed by atoms with Gasteiger partial charge in [0.05, 0.1) is 30.7 Å².